The third-order valence-corrected chi connectivity index (χ3v) is 7.54. The van der Waals surface area contributed by atoms with Crippen LogP contribution in [0.2, 0.25) is 0 Å². The van der Waals surface area contributed by atoms with Crippen LogP contribution in [0.15, 0.2) is 63.8 Å². The van der Waals surface area contributed by atoms with Crippen LogP contribution in [0.4, 0.5) is 0 Å². The number of rotatable bonds is 19. The summed E-state index contributed by atoms with van der Waals surface area (Å²) in [5, 5.41) is 20.6. The Morgan fingerprint density at radius 2 is 1.39 bits per heavy atom. The van der Waals surface area contributed by atoms with E-state index in [-0.39, 0.29) is 46.3 Å². The van der Waals surface area contributed by atoms with Gasteiger partial charge >= 0.3 is 11.9 Å². The largest absolute Gasteiger partial charge is 0.508 e. The highest BCUT2D eigenvalue weighted by atomic mass is 16.6. The number of phenolic OH excluding ortho intramolecular Hbond substituents is 1. The van der Waals surface area contributed by atoms with Crippen molar-refractivity contribution in [2.45, 2.75) is 64.9 Å². The number of ketones is 1. The first kappa shape index (κ1) is 37.2. The number of aromatic hydroxyl groups is 1. The van der Waals surface area contributed by atoms with Crippen LogP contribution >= 0.6 is 0 Å². The van der Waals surface area contributed by atoms with E-state index in [1.165, 1.54) is 36.4 Å². The predicted octanol–water partition coefficient (Wildman–Crippen LogP) is 6.88. The van der Waals surface area contributed by atoms with Crippen LogP contribution < -0.4 is 5.43 Å². The lowest BCUT2D eigenvalue weighted by Crippen LogP contribution is -2.23. The minimum atomic E-state index is -1.17. The number of phenols is 1. The fourth-order valence-corrected chi connectivity index (χ4v) is 5.30. The molecule has 0 saturated heterocycles. The molecule has 0 saturated carbocycles. The molecule has 2 aromatic rings. The van der Waals surface area contributed by atoms with E-state index in [4.69, 9.17) is 23.4 Å². The first-order valence-corrected chi connectivity index (χ1v) is 16.5. The van der Waals surface area contributed by atoms with E-state index < -0.39 is 11.6 Å². The summed E-state index contributed by atoms with van der Waals surface area (Å²) in [5.41, 5.74) is 1.16. The molecule has 2 aliphatic rings. The van der Waals surface area contributed by atoms with Gasteiger partial charge in [0.1, 0.15) is 22.7 Å². The lowest BCUT2D eigenvalue weighted by Gasteiger charge is -2.19. The van der Waals surface area contributed by atoms with Crippen molar-refractivity contribution in [3.63, 3.8) is 0 Å². The number of fused-ring (bicyclic) bond motifs is 2. The Kier molecular flexibility index (Phi) is 13.5. The van der Waals surface area contributed by atoms with Crippen molar-refractivity contribution in [3.05, 3.63) is 75.9 Å². The van der Waals surface area contributed by atoms with Gasteiger partial charge in [-0.05, 0) is 88.4 Å². The van der Waals surface area contributed by atoms with Crippen LogP contribution in [0.25, 0.3) is 33.4 Å². The molecule has 0 atom stereocenters. The number of unbranched alkanes of at least 4 members (excludes halogenated alkanes) is 2. The number of carbonyl (C=O) groups is 3. The summed E-state index contributed by atoms with van der Waals surface area (Å²) in [4.78, 5) is 49.3. The molecule has 1 heterocycles. The van der Waals surface area contributed by atoms with Gasteiger partial charge < -0.3 is 33.6 Å². The minimum Gasteiger partial charge on any atom is -0.508 e. The summed E-state index contributed by atoms with van der Waals surface area (Å²) >= 11 is 0. The van der Waals surface area contributed by atoms with E-state index in [0.717, 1.165) is 6.42 Å². The first-order chi connectivity index (χ1) is 23.4. The summed E-state index contributed by atoms with van der Waals surface area (Å²) in [5.74, 6) is -1.32. The number of carboxylic acids is 1. The molecule has 2 aromatic carbocycles. The summed E-state index contributed by atoms with van der Waals surface area (Å²) in [6.07, 6.45) is 3.36. The van der Waals surface area contributed by atoms with Crippen LogP contribution in [0.5, 0.6) is 5.75 Å². The molecule has 49 heavy (non-hydrogen) atoms. The average molecular weight is 677 g/mol. The SMILES string of the molecule is CC(C)(C)OC(=O)CCCCOCCOCCOCCCCC(=O)c1ccc(C(=O)O)c(-c2c3ccc(=O)cc-3oc3cc(O)ccc23)c1. The zero-order valence-electron chi connectivity index (χ0n) is 28.3. The summed E-state index contributed by atoms with van der Waals surface area (Å²) in [6.45, 7) is 8.31. The van der Waals surface area contributed by atoms with Gasteiger partial charge in [0.2, 0.25) is 0 Å². The van der Waals surface area contributed by atoms with Gasteiger partial charge in [-0.3, -0.25) is 14.4 Å². The molecule has 0 spiro atoms. The molecule has 0 unspecified atom stereocenters. The maximum Gasteiger partial charge on any atom is 0.336 e. The molecular formula is C38H44O11. The maximum absolute atomic E-state index is 13.2. The highest BCUT2D eigenvalue weighted by Gasteiger charge is 2.23. The molecule has 262 valence electrons. The number of benzene rings is 3. The molecule has 0 fully saturated rings. The van der Waals surface area contributed by atoms with Gasteiger partial charge in [0.15, 0.2) is 11.2 Å². The monoisotopic (exact) mass is 676 g/mol. The number of Topliss-reactive ketones (excluding diaryl/α,β-unsaturated/α-hetero) is 1. The van der Waals surface area contributed by atoms with Crippen LogP contribution in [-0.4, -0.2) is 73.2 Å². The molecule has 1 aliphatic carbocycles. The Labute approximate surface area is 285 Å². The zero-order valence-corrected chi connectivity index (χ0v) is 28.3. The van der Waals surface area contributed by atoms with E-state index in [1.807, 2.05) is 20.8 Å². The normalized spacial score (nSPS) is 11.7. The van der Waals surface area contributed by atoms with Gasteiger partial charge in [-0.2, -0.15) is 0 Å². The number of carboxylic acid groups (broad SMARTS) is 1. The zero-order chi connectivity index (χ0) is 35.4. The van der Waals surface area contributed by atoms with Crippen LogP contribution in [0.3, 0.4) is 0 Å². The average Bonchev–Trinajstić information content (AvgIpc) is 3.04. The molecule has 1 aliphatic heterocycles. The van der Waals surface area contributed by atoms with E-state index in [0.29, 0.717) is 93.0 Å². The van der Waals surface area contributed by atoms with Crippen LogP contribution in [0.1, 0.15) is 80.0 Å². The second kappa shape index (κ2) is 17.7. The number of aromatic carboxylic acids is 1. The summed E-state index contributed by atoms with van der Waals surface area (Å²) < 4.78 is 27.8. The van der Waals surface area contributed by atoms with Crippen molar-refractivity contribution in [3.8, 4) is 28.2 Å². The van der Waals surface area contributed by atoms with E-state index in [1.54, 1.807) is 18.2 Å². The predicted molar refractivity (Wildman–Crippen MR) is 184 cm³/mol. The van der Waals surface area contributed by atoms with Gasteiger partial charge in [0.05, 0.1) is 32.0 Å². The van der Waals surface area contributed by atoms with Gasteiger partial charge in [-0.25, -0.2) is 4.79 Å². The number of hydrogen-bond acceptors (Lipinski definition) is 10. The minimum absolute atomic E-state index is 0.0119. The second-order valence-electron chi connectivity index (χ2n) is 12.6. The van der Waals surface area contributed by atoms with Crippen molar-refractivity contribution in [1.29, 1.82) is 0 Å². The standard InChI is InChI=1S/C38H44O11/c1-38(2,3)49-35(42)9-5-7-17-46-19-21-47-20-18-45-16-6-4-8-32(41)25-10-13-28(37(43)44)31(22-25)36-29-14-11-26(39)23-33(29)48-34-24-27(40)12-15-30(34)36/h10-15,22-24,39H,4-9,16-21H2,1-3H3,(H,43,44). The molecule has 0 bridgehead atoms. The van der Waals surface area contributed by atoms with Crippen molar-refractivity contribution in [1.82, 2.24) is 0 Å². The Hall–Kier alpha value is -4.58. The number of esters is 1. The maximum atomic E-state index is 13.2. The number of ether oxygens (including phenoxy) is 4. The Bertz CT molecular complexity index is 1770. The molecule has 2 N–H and O–H groups in total. The molecular weight excluding hydrogens is 632 g/mol. The second-order valence-corrected chi connectivity index (χ2v) is 12.6. The van der Waals surface area contributed by atoms with Crippen LogP contribution in [0, 0.1) is 0 Å². The number of carbonyl (C=O) groups excluding carboxylic acids is 2. The number of hydrogen-bond donors (Lipinski definition) is 2. The van der Waals surface area contributed by atoms with Crippen molar-refractivity contribution >= 4 is 28.7 Å². The highest BCUT2D eigenvalue weighted by molar-refractivity contribution is 6.09. The summed E-state index contributed by atoms with van der Waals surface area (Å²) in [6, 6.07) is 13.2. The van der Waals surface area contributed by atoms with Crippen molar-refractivity contribution in [2.75, 3.05) is 39.6 Å². The van der Waals surface area contributed by atoms with E-state index in [2.05, 4.69) is 0 Å². The van der Waals surface area contributed by atoms with Gasteiger partial charge in [0, 0.05) is 60.3 Å². The first-order valence-electron chi connectivity index (χ1n) is 16.5. The van der Waals surface area contributed by atoms with Crippen molar-refractivity contribution in [2.24, 2.45) is 0 Å². The molecule has 0 radical (unpaired) electrons. The molecule has 0 aromatic heterocycles. The quantitative estimate of drug-likeness (QED) is 0.0461. The summed E-state index contributed by atoms with van der Waals surface area (Å²) in [7, 11) is 0. The molecule has 11 heteroatoms. The topological polar surface area (TPSA) is 159 Å². The molecule has 4 rings (SSSR count). The fourth-order valence-electron chi connectivity index (χ4n) is 5.30. The third kappa shape index (κ3) is 11.2. The fraction of sp³-hybridized carbons (Fsp3) is 0.421. The smallest absolute Gasteiger partial charge is 0.336 e. The Morgan fingerprint density at radius 3 is 2.04 bits per heavy atom. The lowest BCUT2D eigenvalue weighted by molar-refractivity contribution is -0.155. The third-order valence-electron chi connectivity index (χ3n) is 7.54. The van der Waals surface area contributed by atoms with Gasteiger partial charge in [-0.1, -0.05) is 6.07 Å². The van der Waals surface area contributed by atoms with Crippen molar-refractivity contribution < 1.29 is 48.0 Å². The lowest BCUT2D eigenvalue weighted by atomic mass is 9.88. The van der Waals surface area contributed by atoms with Crippen LogP contribution in [-0.2, 0) is 23.7 Å². The van der Waals surface area contributed by atoms with Gasteiger partial charge in [0.25, 0.3) is 0 Å². The van der Waals surface area contributed by atoms with Gasteiger partial charge in [-0.15, -0.1) is 0 Å². The molecule has 11 nitrogen and oxygen atoms in total. The highest BCUT2D eigenvalue weighted by Crippen LogP contribution is 2.42. The molecule has 0 amide bonds. The van der Waals surface area contributed by atoms with E-state index in [9.17, 15) is 29.4 Å². The van der Waals surface area contributed by atoms with E-state index >= 15 is 0 Å². The Morgan fingerprint density at radius 1 is 0.735 bits per heavy atom. The Balaban J connectivity index is 1.21.